The van der Waals surface area contributed by atoms with Crippen LogP contribution in [-0.2, 0) is 14.3 Å². The number of fused-ring (bicyclic) bond motifs is 1. The summed E-state index contributed by atoms with van der Waals surface area (Å²) in [5.74, 6) is -0.956. The molecule has 0 radical (unpaired) electrons. The SMILES string of the molecule is COC(=O)c1cccc(NC(=O)CN2CC(=O)Oc3ccc(Cl)cc32)c1. The second-order valence-electron chi connectivity index (χ2n) is 5.56. The molecule has 0 saturated carbocycles. The Balaban J connectivity index is 1.74. The summed E-state index contributed by atoms with van der Waals surface area (Å²) in [6.45, 7) is -0.145. The van der Waals surface area contributed by atoms with Gasteiger partial charge in [0.25, 0.3) is 0 Å². The molecule has 1 aliphatic heterocycles. The van der Waals surface area contributed by atoms with Crippen LogP contribution in [0.15, 0.2) is 42.5 Å². The van der Waals surface area contributed by atoms with E-state index < -0.39 is 11.9 Å². The van der Waals surface area contributed by atoms with Crippen molar-refractivity contribution in [3.8, 4) is 5.75 Å². The van der Waals surface area contributed by atoms with Gasteiger partial charge in [-0.25, -0.2) is 9.59 Å². The molecule has 26 heavy (non-hydrogen) atoms. The van der Waals surface area contributed by atoms with Crippen molar-refractivity contribution in [2.24, 2.45) is 0 Å². The van der Waals surface area contributed by atoms with Gasteiger partial charge in [0.05, 0.1) is 24.9 Å². The van der Waals surface area contributed by atoms with E-state index in [0.717, 1.165) is 0 Å². The number of ether oxygens (including phenoxy) is 2. The Labute approximate surface area is 154 Å². The number of rotatable bonds is 4. The van der Waals surface area contributed by atoms with E-state index in [2.05, 4.69) is 10.1 Å². The van der Waals surface area contributed by atoms with Gasteiger partial charge in [-0.3, -0.25) is 4.79 Å². The van der Waals surface area contributed by atoms with Gasteiger partial charge in [-0.2, -0.15) is 0 Å². The van der Waals surface area contributed by atoms with Crippen LogP contribution >= 0.6 is 11.6 Å². The number of hydrogen-bond donors (Lipinski definition) is 1. The zero-order valence-corrected chi connectivity index (χ0v) is 14.6. The minimum atomic E-state index is -0.497. The predicted molar refractivity (Wildman–Crippen MR) is 95.7 cm³/mol. The molecule has 0 aromatic heterocycles. The van der Waals surface area contributed by atoms with Crippen molar-refractivity contribution in [3.05, 3.63) is 53.1 Å². The van der Waals surface area contributed by atoms with Crippen LogP contribution in [0.25, 0.3) is 0 Å². The summed E-state index contributed by atoms with van der Waals surface area (Å²) in [5.41, 5.74) is 1.34. The van der Waals surface area contributed by atoms with Crippen LogP contribution in [0.4, 0.5) is 11.4 Å². The number of nitrogens with zero attached hydrogens (tertiary/aromatic N) is 1. The third-order valence-electron chi connectivity index (χ3n) is 3.71. The van der Waals surface area contributed by atoms with Crippen molar-refractivity contribution in [3.63, 3.8) is 0 Å². The number of esters is 2. The molecule has 2 aromatic rings. The second kappa shape index (κ2) is 7.45. The summed E-state index contributed by atoms with van der Waals surface area (Å²) in [7, 11) is 1.28. The zero-order valence-electron chi connectivity index (χ0n) is 13.8. The first-order chi connectivity index (χ1) is 12.5. The lowest BCUT2D eigenvalue weighted by molar-refractivity contribution is -0.133. The first-order valence-corrected chi connectivity index (χ1v) is 8.07. The smallest absolute Gasteiger partial charge is 0.337 e. The molecule has 2 aromatic carbocycles. The van der Waals surface area contributed by atoms with Crippen molar-refractivity contribution in [1.29, 1.82) is 0 Å². The van der Waals surface area contributed by atoms with E-state index >= 15 is 0 Å². The Morgan fingerprint density at radius 1 is 1.27 bits per heavy atom. The summed E-state index contributed by atoms with van der Waals surface area (Å²) in [5, 5.41) is 3.17. The summed E-state index contributed by atoms with van der Waals surface area (Å²) < 4.78 is 9.81. The van der Waals surface area contributed by atoms with Gasteiger partial charge in [0, 0.05) is 10.7 Å². The zero-order chi connectivity index (χ0) is 18.7. The van der Waals surface area contributed by atoms with Crippen molar-refractivity contribution >= 4 is 40.8 Å². The molecule has 0 bridgehead atoms. The van der Waals surface area contributed by atoms with Gasteiger partial charge in [0.2, 0.25) is 5.91 Å². The number of hydrogen-bond acceptors (Lipinski definition) is 6. The number of benzene rings is 2. The molecule has 1 aliphatic rings. The van der Waals surface area contributed by atoms with Crippen LogP contribution in [0.2, 0.25) is 5.02 Å². The highest BCUT2D eigenvalue weighted by atomic mass is 35.5. The van der Waals surface area contributed by atoms with Gasteiger partial charge >= 0.3 is 11.9 Å². The van der Waals surface area contributed by atoms with Gasteiger partial charge in [-0.05, 0) is 36.4 Å². The first kappa shape index (κ1) is 17.8. The number of methoxy groups -OCH3 is 1. The number of nitrogens with one attached hydrogen (secondary N) is 1. The Morgan fingerprint density at radius 3 is 2.85 bits per heavy atom. The average molecular weight is 375 g/mol. The molecule has 0 fully saturated rings. The third kappa shape index (κ3) is 3.94. The molecule has 1 N–H and O–H groups in total. The van der Waals surface area contributed by atoms with Crippen LogP contribution in [0, 0.1) is 0 Å². The Hall–Kier alpha value is -3.06. The summed E-state index contributed by atoms with van der Waals surface area (Å²) in [6.07, 6.45) is 0. The van der Waals surface area contributed by atoms with E-state index in [-0.39, 0.29) is 19.0 Å². The van der Waals surface area contributed by atoms with Crippen LogP contribution < -0.4 is 15.0 Å². The lowest BCUT2D eigenvalue weighted by atomic mass is 10.2. The normalized spacial score (nSPS) is 12.8. The fourth-order valence-electron chi connectivity index (χ4n) is 2.58. The first-order valence-electron chi connectivity index (χ1n) is 7.69. The molecule has 1 amide bonds. The van der Waals surface area contributed by atoms with E-state index in [1.54, 1.807) is 41.3 Å². The predicted octanol–water partition coefficient (Wildman–Crippen LogP) is 2.49. The van der Waals surface area contributed by atoms with Crippen LogP contribution in [0.3, 0.4) is 0 Å². The van der Waals surface area contributed by atoms with E-state index in [4.69, 9.17) is 16.3 Å². The van der Waals surface area contributed by atoms with Crippen molar-refractivity contribution in [2.45, 2.75) is 0 Å². The molecule has 0 unspecified atom stereocenters. The van der Waals surface area contributed by atoms with E-state index in [0.29, 0.717) is 27.7 Å². The van der Waals surface area contributed by atoms with Crippen LogP contribution in [-0.4, -0.2) is 38.0 Å². The van der Waals surface area contributed by atoms with E-state index in [9.17, 15) is 14.4 Å². The number of anilines is 2. The van der Waals surface area contributed by atoms with E-state index in [1.807, 2.05) is 0 Å². The fourth-order valence-corrected chi connectivity index (χ4v) is 2.74. The lowest BCUT2D eigenvalue weighted by Gasteiger charge is -2.29. The standard InChI is InChI=1S/C18H15ClN2O5/c1-25-18(24)11-3-2-4-13(7-11)20-16(22)9-21-10-17(23)26-15-6-5-12(19)8-14(15)21/h2-8H,9-10H2,1H3,(H,20,22). The van der Waals surface area contributed by atoms with Crippen molar-refractivity contribution < 1.29 is 23.9 Å². The molecular formula is C18H15ClN2O5. The quantitative estimate of drug-likeness (QED) is 0.653. The maximum Gasteiger partial charge on any atom is 0.337 e. The summed E-state index contributed by atoms with van der Waals surface area (Å²) in [6, 6.07) is 11.2. The molecule has 0 aliphatic carbocycles. The molecule has 134 valence electrons. The van der Waals surface area contributed by atoms with E-state index in [1.165, 1.54) is 13.2 Å². The minimum absolute atomic E-state index is 0.0665. The molecule has 0 saturated heterocycles. The highest BCUT2D eigenvalue weighted by molar-refractivity contribution is 6.31. The van der Waals surface area contributed by atoms with Crippen LogP contribution in [0.1, 0.15) is 10.4 Å². The largest absolute Gasteiger partial charge is 0.465 e. The average Bonchev–Trinajstić information content (AvgIpc) is 2.61. The molecule has 3 rings (SSSR count). The Kier molecular flexibility index (Phi) is 5.09. The number of carbonyl (C=O) groups excluding carboxylic acids is 3. The Morgan fingerprint density at radius 2 is 2.08 bits per heavy atom. The van der Waals surface area contributed by atoms with Gasteiger partial charge in [0.1, 0.15) is 6.54 Å². The third-order valence-corrected chi connectivity index (χ3v) is 3.94. The van der Waals surface area contributed by atoms with Crippen molar-refractivity contribution in [2.75, 3.05) is 30.4 Å². The van der Waals surface area contributed by atoms with Gasteiger partial charge in [-0.15, -0.1) is 0 Å². The topological polar surface area (TPSA) is 84.9 Å². The van der Waals surface area contributed by atoms with Gasteiger partial charge in [-0.1, -0.05) is 17.7 Å². The van der Waals surface area contributed by atoms with Gasteiger partial charge in [0.15, 0.2) is 5.75 Å². The summed E-state index contributed by atoms with van der Waals surface area (Å²) in [4.78, 5) is 37.3. The van der Waals surface area contributed by atoms with Crippen molar-refractivity contribution in [1.82, 2.24) is 0 Å². The van der Waals surface area contributed by atoms with Gasteiger partial charge < -0.3 is 19.7 Å². The fraction of sp³-hybridized carbons (Fsp3) is 0.167. The Bertz CT molecular complexity index is 884. The monoisotopic (exact) mass is 374 g/mol. The highest BCUT2D eigenvalue weighted by Crippen LogP contribution is 2.34. The highest BCUT2D eigenvalue weighted by Gasteiger charge is 2.26. The number of halogens is 1. The summed E-state index contributed by atoms with van der Waals surface area (Å²) >= 11 is 5.99. The second-order valence-corrected chi connectivity index (χ2v) is 6.00. The van der Waals surface area contributed by atoms with Crippen LogP contribution in [0.5, 0.6) is 5.75 Å². The molecule has 7 nitrogen and oxygen atoms in total. The molecule has 0 atom stereocenters. The maximum atomic E-state index is 12.4. The molecule has 0 spiro atoms. The lowest BCUT2D eigenvalue weighted by Crippen LogP contribution is -2.41. The number of amides is 1. The minimum Gasteiger partial charge on any atom is -0.465 e. The maximum absolute atomic E-state index is 12.4. The molecular weight excluding hydrogens is 360 g/mol. The number of carbonyl (C=O) groups is 3. The molecule has 1 heterocycles. The molecule has 8 heteroatoms.